The Balaban J connectivity index is 3.38. The van der Waals surface area contributed by atoms with Crippen LogP contribution in [-0.2, 0) is 6.42 Å². The second kappa shape index (κ2) is 3.75. The third kappa shape index (κ3) is 1.98. The van der Waals surface area contributed by atoms with Gasteiger partial charge in [0.2, 0.25) is 0 Å². The number of carboxylic acid groups (broad SMARTS) is 1. The average molecular weight is 203 g/mol. The topological polar surface area (TPSA) is 37.3 Å². The first-order chi connectivity index (χ1) is 6.06. The van der Waals surface area contributed by atoms with Crippen molar-refractivity contribution in [1.29, 1.82) is 0 Å². The van der Waals surface area contributed by atoms with E-state index in [0.29, 0.717) is 12.0 Å². The van der Waals surface area contributed by atoms with Gasteiger partial charge in [-0.05, 0) is 24.1 Å². The normalized spacial score (nSPS) is 10.1. The third-order valence-electron chi connectivity index (χ3n) is 1.73. The van der Waals surface area contributed by atoms with Crippen LogP contribution in [0.1, 0.15) is 22.8 Å². The maximum Gasteiger partial charge on any atom is 0.337 e. The summed E-state index contributed by atoms with van der Waals surface area (Å²) < 4.78 is 12.8. The van der Waals surface area contributed by atoms with Crippen LogP contribution in [0.25, 0.3) is 0 Å². The van der Waals surface area contributed by atoms with E-state index in [1.54, 1.807) is 6.92 Å². The molecule has 1 rings (SSSR count). The van der Waals surface area contributed by atoms with Gasteiger partial charge in [0.05, 0.1) is 10.6 Å². The van der Waals surface area contributed by atoms with E-state index >= 15 is 0 Å². The van der Waals surface area contributed by atoms with Crippen molar-refractivity contribution in [3.8, 4) is 0 Å². The molecule has 0 unspecified atom stereocenters. The van der Waals surface area contributed by atoms with E-state index < -0.39 is 11.8 Å². The molecule has 4 heteroatoms. The summed E-state index contributed by atoms with van der Waals surface area (Å²) in [6.07, 6.45) is 0.444. The van der Waals surface area contributed by atoms with Crippen molar-refractivity contribution < 1.29 is 14.3 Å². The first-order valence-electron chi connectivity index (χ1n) is 3.77. The molecule has 0 atom stereocenters. The van der Waals surface area contributed by atoms with Crippen molar-refractivity contribution in [3.63, 3.8) is 0 Å². The Bertz CT molecular complexity index is 350. The average Bonchev–Trinajstić information content (AvgIpc) is 2.01. The lowest BCUT2D eigenvalue weighted by molar-refractivity contribution is 0.0696. The Morgan fingerprint density at radius 2 is 2.23 bits per heavy atom. The molecule has 1 aromatic rings. The fourth-order valence-corrected chi connectivity index (χ4v) is 1.45. The summed E-state index contributed by atoms with van der Waals surface area (Å²) in [5, 5.41) is 8.71. The van der Waals surface area contributed by atoms with Gasteiger partial charge in [-0.15, -0.1) is 0 Å². The van der Waals surface area contributed by atoms with Gasteiger partial charge in [-0.25, -0.2) is 9.18 Å². The molecule has 0 fully saturated rings. The van der Waals surface area contributed by atoms with E-state index in [4.69, 9.17) is 16.7 Å². The van der Waals surface area contributed by atoms with Gasteiger partial charge in [0.1, 0.15) is 5.82 Å². The second-order valence-electron chi connectivity index (χ2n) is 2.58. The van der Waals surface area contributed by atoms with E-state index in [-0.39, 0.29) is 10.6 Å². The third-order valence-corrected chi connectivity index (χ3v) is 2.03. The van der Waals surface area contributed by atoms with Crippen molar-refractivity contribution in [2.75, 3.05) is 0 Å². The molecule has 0 aliphatic rings. The lowest BCUT2D eigenvalue weighted by atomic mass is 10.1. The number of halogens is 2. The Hall–Kier alpha value is -1.09. The fraction of sp³-hybridized carbons (Fsp3) is 0.222. The highest BCUT2D eigenvalue weighted by Gasteiger charge is 2.14. The Labute approximate surface area is 80.0 Å². The number of rotatable bonds is 2. The molecule has 0 aromatic heterocycles. The van der Waals surface area contributed by atoms with Gasteiger partial charge in [0.25, 0.3) is 0 Å². The van der Waals surface area contributed by atoms with E-state index in [1.807, 2.05) is 0 Å². The zero-order valence-electron chi connectivity index (χ0n) is 6.97. The van der Waals surface area contributed by atoms with Crippen LogP contribution in [0.2, 0.25) is 5.02 Å². The first-order valence-corrected chi connectivity index (χ1v) is 4.15. The standard InChI is InChI=1S/C9H8ClFO2/c1-2-5-3-6(11)4-7(10)8(5)9(12)13/h3-4H,2H2,1H3,(H,12,13). The zero-order valence-corrected chi connectivity index (χ0v) is 7.73. The van der Waals surface area contributed by atoms with Crippen LogP contribution >= 0.6 is 11.6 Å². The van der Waals surface area contributed by atoms with Gasteiger partial charge in [-0.3, -0.25) is 0 Å². The number of carbonyl (C=O) groups is 1. The molecule has 0 saturated carbocycles. The van der Waals surface area contributed by atoms with Crippen molar-refractivity contribution in [2.45, 2.75) is 13.3 Å². The molecule has 13 heavy (non-hydrogen) atoms. The minimum absolute atomic E-state index is 0.00873. The molecule has 0 heterocycles. The monoisotopic (exact) mass is 202 g/mol. The Morgan fingerprint density at radius 3 is 2.69 bits per heavy atom. The molecule has 2 nitrogen and oxygen atoms in total. The number of aromatic carboxylic acids is 1. The quantitative estimate of drug-likeness (QED) is 0.801. The predicted octanol–water partition coefficient (Wildman–Crippen LogP) is 2.74. The number of benzene rings is 1. The van der Waals surface area contributed by atoms with Crippen LogP contribution < -0.4 is 0 Å². The molecule has 0 aliphatic heterocycles. The fourth-order valence-electron chi connectivity index (χ4n) is 1.15. The molecular formula is C9H8ClFO2. The van der Waals surface area contributed by atoms with Gasteiger partial charge in [-0.1, -0.05) is 18.5 Å². The van der Waals surface area contributed by atoms with Gasteiger partial charge in [0.15, 0.2) is 0 Å². The molecule has 1 aromatic carbocycles. The number of aryl methyl sites for hydroxylation is 1. The molecule has 70 valence electrons. The molecular weight excluding hydrogens is 195 g/mol. The molecule has 0 aliphatic carbocycles. The molecule has 0 bridgehead atoms. The maximum atomic E-state index is 12.8. The highest BCUT2D eigenvalue weighted by molar-refractivity contribution is 6.33. The van der Waals surface area contributed by atoms with E-state index in [2.05, 4.69) is 0 Å². The van der Waals surface area contributed by atoms with Crippen molar-refractivity contribution in [1.82, 2.24) is 0 Å². The zero-order chi connectivity index (χ0) is 10.0. The summed E-state index contributed by atoms with van der Waals surface area (Å²) in [7, 11) is 0. The number of hydrogen-bond donors (Lipinski definition) is 1. The molecule has 0 spiro atoms. The summed E-state index contributed by atoms with van der Waals surface area (Å²) in [6, 6.07) is 2.19. The number of carboxylic acids is 1. The van der Waals surface area contributed by atoms with Crippen LogP contribution in [0.3, 0.4) is 0 Å². The van der Waals surface area contributed by atoms with Crippen LogP contribution in [0, 0.1) is 5.82 Å². The Morgan fingerprint density at radius 1 is 1.62 bits per heavy atom. The summed E-state index contributed by atoms with van der Waals surface area (Å²) in [6.45, 7) is 1.75. The second-order valence-corrected chi connectivity index (χ2v) is 2.99. The van der Waals surface area contributed by atoms with Crippen LogP contribution in [0.4, 0.5) is 4.39 Å². The summed E-state index contributed by atoms with van der Waals surface area (Å²) >= 11 is 5.59. The minimum atomic E-state index is -1.12. The largest absolute Gasteiger partial charge is 0.478 e. The maximum absolute atomic E-state index is 12.8. The SMILES string of the molecule is CCc1cc(F)cc(Cl)c1C(=O)O. The van der Waals surface area contributed by atoms with Crippen molar-refractivity contribution >= 4 is 17.6 Å². The lowest BCUT2D eigenvalue weighted by Gasteiger charge is -2.05. The molecule has 0 amide bonds. The van der Waals surface area contributed by atoms with E-state index in [9.17, 15) is 9.18 Å². The van der Waals surface area contributed by atoms with Crippen molar-refractivity contribution in [2.24, 2.45) is 0 Å². The van der Waals surface area contributed by atoms with Gasteiger partial charge in [-0.2, -0.15) is 0 Å². The molecule has 1 N–H and O–H groups in total. The van der Waals surface area contributed by atoms with Gasteiger partial charge in [0, 0.05) is 0 Å². The van der Waals surface area contributed by atoms with Crippen molar-refractivity contribution in [3.05, 3.63) is 34.1 Å². The summed E-state index contributed by atoms with van der Waals surface area (Å²) in [5.74, 6) is -1.63. The minimum Gasteiger partial charge on any atom is -0.478 e. The summed E-state index contributed by atoms with van der Waals surface area (Å²) in [4.78, 5) is 10.7. The Kier molecular flexibility index (Phi) is 2.88. The molecule has 0 radical (unpaired) electrons. The van der Waals surface area contributed by atoms with Crippen LogP contribution in [-0.4, -0.2) is 11.1 Å². The number of hydrogen-bond acceptors (Lipinski definition) is 1. The van der Waals surface area contributed by atoms with E-state index in [0.717, 1.165) is 6.07 Å². The van der Waals surface area contributed by atoms with Gasteiger partial charge >= 0.3 is 5.97 Å². The van der Waals surface area contributed by atoms with E-state index in [1.165, 1.54) is 6.07 Å². The van der Waals surface area contributed by atoms with Crippen LogP contribution in [0.15, 0.2) is 12.1 Å². The lowest BCUT2D eigenvalue weighted by Crippen LogP contribution is -2.03. The predicted molar refractivity (Wildman–Crippen MR) is 47.7 cm³/mol. The highest BCUT2D eigenvalue weighted by atomic mass is 35.5. The van der Waals surface area contributed by atoms with Crippen LogP contribution in [0.5, 0.6) is 0 Å². The highest BCUT2D eigenvalue weighted by Crippen LogP contribution is 2.22. The molecule has 0 saturated heterocycles. The smallest absolute Gasteiger partial charge is 0.337 e. The first kappa shape index (κ1) is 9.99. The summed E-state index contributed by atoms with van der Waals surface area (Å²) in [5.41, 5.74) is 0.406. The van der Waals surface area contributed by atoms with Gasteiger partial charge < -0.3 is 5.11 Å².